The highest BCUT2D eigenvalue weighted by Crippen LogP contribution is 2.42. The Morgan fingerprint density at radius 1 is 0.525 bits per heavy atom. The molecule has 0 amide bonds. The number of rotatable bonds is 12. The summed E-state index contributed by atoms with van der Waals surface area (Å²) >= 11 is 0. The van der Waals surface area contributed by atoms with E-state index < -0.39 is 0 Å². The lowest BCUT2D eigenvalue weighted by Crippen LogP contribution is -2.13. The smallest absolute Gasteiger partial charge is 0.00975 e. The van der Waals surface area contributed by atoms with Crippen LogP contribution in [0.15, 0.2) is 157 Å². The first-order valence-electron chi connectivity index (χ1n) is 15.0. The first kappa shape index (κ1) is 27.7. The second-order valence-corrected chi connectivity index (χ2v) is 11.3. The molecule has 0 heteroatoms. The molecule has 0 spiro atoms. The van der Waals surface area contributed by atoms with Gasteiger partial charge in [-0.1, -0.05) is 159 Å². The van der Waals surface area contributed by atoms with Crippen molar-refractivity contribution in [1.82, 2.24) is 0 Å². The maximum Gasteiger partial charge on any atom is -0.00975 e. The van der Waals surface area contributed by atoms with E-state index in [0.29, 0.717) is 23.7 Å². The Morgan fingerprint density at radius 3 is 1.48 bits per heavy atom. The fraction of sp³-hybridized carbons (Fsp3) is 0.250. The molecular weight excluding hydrogens is 480 g/mol. The maximum absolute atomic E-state index is 2.48. The van der Waals surface area contributed by atoms with Gasteiger partial charge in [0, 0.05) is 0 Å². The van der Waals surface area contributed by atoms with E-state index >= 15 is 0 Å². The third kappa shape index (κ3) is 7.82. The average Bonchev–Trinajstić information content (AvgIpc) is 3.04. The topological polar surface area (TPSA) is 0 Å². The van der Waals surface area contributed by atoms with Gasteiger partial charge in [0.25, 0.3) is 0 Å². The number of allylic oxidation sites excluding steroid dienone is 6. The molecule has 0 nitrogen and oxygen atoms in total. The molecule has 5 rings (SSSR count). The zero-order valence-electron chi connectivity index (χ0n) is 23.8. The van der Waals surface area contributed by atoms with Crippen LogP contribution >= 0.6 is 0 Å². The first-order valence-corrected chi connectivity index (χ1v) is 15.0. The molecule has 0 fully saturated rings. The van der Waals surface area contributed by atoms with Gasteiger partial charge in [0.05, 0.1) is 0 Å². The third-order valence-corrected chi connectivity index (χ3v) is 8.53. The van der Waals surface area contributed by atoms with Crippen LogP contribution in [0.25, 0.3) is 0 Å². The molecule has 0 N–H and O–H groups in total. The first-order chi connectivity index (χ1) is 19.8. The molecule has 1 aliphatic carbocycles. The van der Waals surface area contributed by atoms with Gasteiger partial charge in [-0.15, -0.1) is 0 Å². The van der Waals surface area contributed by atoms with Crippen molar-refractivity contribution in [2.45, 2.75) is 62.7 Å². The minimum atomic E-state index is 0.472. The van der Waals surface area contributed by atoms with Crippen molar-refractivity contribution in [3.05, 3.63) is 180 Å². The normalized spacial score (nSPS) is 16.9. The van der Waals surface area contributed by atoms with E-state index in [0.717, 1.165) is 32.1 Å². The monoisotopic (exact) mass is 522 g/mol. The van der Waals surface area contributed by atoms with Gasteiger partial charge in [0.1, 0.15) is 0 Å². The summed E-state index contributed by atoms with van der Waals surface area (Å²) in [5.74, 6) is 1.94. The van der Waals surface area contributed by atoms with E-state index in [1.54, 1.807) is 0 Å². The summed E-state index contributed by atoms with van der Waals surface area (Å²) in [6.45, 7) is 2.40. The molecule has 4 atom stereocenters. The zero-order valence-corrected chi connectivity index (χ0v) is 23.8. The second kappa shape index (κ2) is 14.5. The summed E-state index contributed by atoms with van der Waals surface area (Å²) < 4.78 is 0. The molecule has 1 aliphatic rings. The molecule has 0 aliphatic heterocycles. The molecule has 0 saturated heterocycles. The van der Waals surface area contributed by atoms with Crippen LogP contribution in [0.2, 0.25) is 0 Å². The maximum atomic E-state index is 2.48. The Kier molecular flexibility index (Phi) is 10.0. The van der Waals surface area contributed by atoms with Crippen molar-refractivity contribution in [3.63, 3.8) is 0 Å². The fourth-order valence-electron chi connectivity index (χ4n) is 6.29. The molecule has 4 aromatic rings. The van der Waals surface area contributed by atoms with Crippen LogP contribution in [0, 0.1) is 0 Å². The Bertz CT molecular complexity index is 1360. The average molecular weight is 523 g/mol. The Hall–Kier alpha value is -3.90. The molecule has 4 unspecified atom stereocenters. The summed E-state index contributed by atoms with van der Waals surface area (Å²) in [5.41, 5.74) is 7.24. The standard InChI is InChI=1S/C40H42/c1-32(34-19-9-3-10-20-34)29-39(36-23-13-5-14-24-36)31-40(37-25-15-6-16-26-37)30-38(35-21-11-4-12-22-35)28-27-33-17-7-2-8-18-33/h2-17,19-27,32,38-40H,18,28-31H2,1H3. The van der Waals surface area contributed by atoms with Gasteiger partial charge >= 0.3 is 0 Å². The molecule has 40 heavy (non-hydrogen) atoms. The molecule has 0 aromatic heterocycles. The lowest BCUT2D eigenvalue weighted by atomic mass is 9.75. The largest absolute Gasteiger partial charge is 0.0804 e. The lowest BCUT2D eigenvalue weighted by molar-refractivity contribution is 0.433. The highest BCUT2D eigenvalue weighted by Gasteiger charge is 2.25. The van der Waals surface area contributed by atoms with Crippen LogP contribution in [0.3, 0.4) is 0 Å². The van der Waals surface area contributed by atoms with Crippen LogP contribution in [-0.2, 0) is 0 Å². The SMILES string of the molecule is CC(CC(CC(CC(CC=C1C=CC=CC1)c1ccccc1)c1ccccc1)c1ccccc1)c1ccccc1. The van der Waals surface area contributed by atoms with Gasteiger partial charge in [0.2, 0.25) is 0 Å². The van der Waals surface area contributed by atoms with E-state index in [-0.39, 0.29) is 0 Å². The van der Waals surface area contributed by atoms with Gasteiger partial charge < -0.3 is 0 Å². The molecule has 0 heterocycles. The highest BCUT2D eigenvalue weighted by molar-refractivity contribution is 5.32. The Labute approximate surface area is 241 Å². The second-order valence-electron chi connectivity index (χ2n) is 11.3. The highest BCUT2D eigenvalue weighted by atomic mass is 14.3. The van der Waals surface area contributed by atoms with Gasteiger partial charge in [-0.3, -0.25) is 0 Å². The molecule has 0 saturated carbocycles. The zero-order chi connectivity index (χ0) is 27.4. The van der Waals surface area contributed by atoms with Crippen LogP contribution in [0.5, 0.6) is 0 Å². The van der Waals surface area contributed by atoms with Gasteiger partial charge in [-0.2, -0.15) is 0 Å². The van der Waals surface area contributed by atoms with E-state index in [2.05, 4.69) is 159 Å². The summed E-state index contributed by atoms with van der Waals surface area (Å²) in [4.78, 5) is 0. The van der Waals surface area contributed by atoms with E-state index in [1.807, 2.05) is 0 Å². The number of hydrogen-bond donors (Lipinski definition) is 0. The minimum Gasteiger partial charge on any atom is -0.0804 e. The summed E-state index contributed by atoms with van der Waals surface area (Å²) in [5, 5.41) is 0. The molecule has 202 valence electrons. The van der Waals surface area contributed by atoms with Crippen LogP contribution in [0.4, 0.5) is 0 Å². The molecule has 0 bridgehead atoms. The third-order valence-electron chi connectivity index (χ3n) is 8.53. The van der Waals surface area contributed by atoms with E-state index in [4.69, 9.17) is 0 Å². The van der Waals surface area contributed by atoms with Crippen molar-refractivity contribution < 1.29 is 0 Å². The van der Waals surface area contributed by atoms with E-state index in [1.165, 1.54) is 27.8 Å². The number of benzene rings is 4. The van der Waals surface area contributed by atoms with Crippen molar-refractivity contribution in [2.75, 3.05) is 0 Å². The van der Waals surface area contributed by atoms with Crippen LogP contribution < -0.4 is 0 Å². The minimum absolute atomic E-state index is 0.472. The molecule has 4 aromatic carbocycles. The summed E-state index contributed by atoms with van der Waals surface area (Å²) in [6, 6.07) is 44.7. The lowest BCUT2D eigenvalue weighted by Gasteiger charge is -2.30. The van der Waals surface area contributed by atoms with Crippen molar-refractivity contribution in [2.24, 2.45) is 0 Å². The summed E-state index contributed by atoms with van der Waals surface area (Å²) in [7, 11) is 0. The van der Waals surface area contributed by atoms with Crippen molar-refractivity contribution in [1.29, 1.82) is 0 Å². The predicted molar refractivity (Wildman–Crippen MR) is 172 cm³/mol. The predicted octanol–water partition coefficient (Wildman–Crippen LogP) is 11.1. The Balaban J connectivity index is 1.45. The van der Waals surface area contributed by atoms with Gasteiger partial charge in [0.15, 0.2) is 0 Å². The number of hydrogen-bond acceptors (Lipinski definition) is 0. The van der Waals surface area contributed by atoms with Crippen LogP contribution in [-0.4, -0.2) is 0 Å². The molecule has 0 radical (unpaired) electrons. The quantitative estimate of drug-likeness (QED) is 0.173. The van der Waals surface area contributed by atoms with Crippen molar-refractivity contribution in [3.8, 4) is 0 Å². The van der Waals surface area contributed by atoms with Gasteiger partial charge in [-0.25, -0.2) is 0 Å². The molecular formula is C40H42. The summed E-state index contributed by atoms with van der Waals surface area (Å²) in [6.07, 6.45) is 16.9. The van der Waals surface area contributed by atoms with Gasteiger partial charge in [-0.05, 0) is 83.6 Å². The fourth-order valence-corrected chi connectivity index (χ4v) is 6.29. The Morgan fingerprint density at radius 2 is 0.975 bits per heavy atom. The van der Waals surface area contributed by atoms with Crippen molar-refractivity contribution >= 4 is 0 Å². The van der Waals surface area contributed by atoms with E-state index in [9.17, 15) is 0 Å². The van der Waals surface area contributed by atoms with Crippen LogP contribution in [0.1, 0.15) is 85.0 Å².